The van der Waals surface area contributed by atoms with Crippen LogP contribution in [0.4, 0.5) is 0 Å². The Bertz CT molecular complexity index is 15.1. The van der Waals surface area contributed by atoms with Gasteiger partial charge in [-0.3, -0.25) is 0 Å². The summed E-state index contributed by atoms with van der Waals surface area (Å²) in [5.74, 6) is 0. The van der Waals surface area contributed by atoms with E-state index in [4.69, 9.17) is 7.91 Å². The van der Waals surface area contributed by atoms with Gasteiger partial charge in [0.1, 0.15) is 0 Å². The molecule has 0 aromatic heterocycles. The third-order valence-electron chi connectivity index (χ3n) is 0. The second-order valence-corrected chi connectivity index (χ2v) is 0.433. The van der Waals surface area contributed by atoms with Gasteiger partial charge < -0.3 is 0 Å². The second-order valence-electron chi connectivity index (χ2n) is 0.0833. The molecule has 0 aromatic rings. The quantitative estimate of drug-likeness (QED) is 0.368. The maximum absolute atomic E-state index is 8.50. The number of hydrogen-bond donors (Lipinski definition) is 0. The van der Waals surface area contributed by atoms with Crippen LogP contribution >= 0.6 is 0 Å². The minimum atomic E-state index is -2.00. The zero-order valence-corrected chi connectivity index (χ0v) is 11.6. The zero-order chi connectivity index (χ0) is 2.71. The number of hydrogen-bond acceptors (Lipinski definition) is 2. The van der Waals surface area contributed by atoms with E-state index in [1.165, 1.54) is 0 Å². The first-order chi connectivity index (χ1) is 1.41. The summed E-state index contributed by atoms with van der Waals surface area (Å²) in [6.45, 7) is 0. The Balaban J connectivity index is -0.0000000200. The first-order valence-electron chi connectivity index (χ1n) is 0.408. The fourth-order valence-corrected chi connectivity index (χ4v) is 0. The summed E-state index contributed by atoms with van der Waals surface area (Å²) in [5, 5.41) is 0. The Kier molecular flexibility index (Phi) is 55.1. The summed E-state index contributed by atoms with van der Waals surface area (Å²) in [4.78, 5) is 0. The van der Waals surface area contributed by atoms with E-state index >= 15 is 0 Å². The van der Waals surface area contributed by atoms with Gasteiger partial charge in [0.05, 0.1) is 0 Å². The molecule has 0 bridgehead atoms. The molecule has 0 heterocycles. The van der Waals surface area contributed by atoms with Crippen LogP contribution in [-0.2, 0) is 3.78 Å². The summed E-state index contributed by atoms with van der Waals surface area (Å²) < 4.78 is 17.0. The number of rotatable bonds is 0. The molecular weight excluding hydrogens is 200 g/mol. The average Bonchev–Trinajstić information content (AvgIpc) is 0.918. The van der Waals surface area contributed by atoms with E-state index in [1.54, 1.807) is 0 Å². The summed E-state index contributed by atoms with van der Waals surface area (Å²) in [5.41, 5.74) is 0. The van der Waals surface area contributed by atoms with Crippen LogP contribution in [0.1, 0.15) is 0 Å². The molecule has 2 nitrogen and oxygen atoms in total. The van der Waals surface area contributed by atoms with Gasteiger partial charge in [0.25, 0.3) is 0 Å². The molecule has 5 heavy (non-hydrogen) atoms. The van der Waals surface area contributed by atoms with Gasteiger partial charge in [-0.25, -0.2) is 0 Å². The Morgan fingerprint density at radius 1 is 1.60 bits per heavy atom. The Hall–Kier alpha value is 1.69. The molecule has 0 fully saturated rings. The van der Waals surface area contributed by atoms with Gasteiger partial charge >= 0.3 is 70.8 Å². The molecule has 0 N–H and O–H groups in total. The van der Waals surface area contributed by atoms with E-state index in [9.17, 15) is 0 Å². The summed E-state index contributed by atoms with van der Waals surface area (Å²) in [6, 6.07) is 0. The SMILES string of the molecule is [GeH3].[Na+].[O]=[Ge][O-]. The first kappa shape index (κ1) is 15.9. The predicted molar refractivity (Wildman–Crippen MR) is 16.4 cm³/mol. The molecule has 24 valence electrons. The topological polar surface area (TPSA) is 40.1 Å². The van der Waals surface area contributed by atoms with Crippen molar-refractivity contribution in [2.24, 2.45) is 0 Å². The minimum absolute atomic E-state index is 0. The van der Waals surface area contributed by atoms with Crippen molar-refractivity contribution in [2.45, 2.75) is 0 Å². The van der Waals surface area contributed by atoms with E-state index < -0.39 is 15.7 Å². The Morgan fingerprint density at radius 3 is 1.60 bits per heavy atom. The zero-order valence-electron chi connectivity index (χ0n) is 3.32. The van der Waals surface area contributed by atoms with Crippen molar-refractivity contribution in [3.63, 3.8) is 0 Å². The normalized spacial score (nSPS) is 2.40. The van der Waals surface area contributed by atoms with Crippen LogP contribution in [0.2, 0.25) is 0 Å². The fourth-order valence-electron chi connectivity index (χ4n) is 0. The monoisotopic (exact) mass is 206 g/mol. The van der Waals surface area contributed by atoms with Gasteiger partial charge in [-0.05, 0) is 0 Å². The van der Waals surface area contributed by atoms with Gasteiger partial charge in [-0.15, -0.1) is 0 Å². The molecule has 2 radical (unpaired) electrons. The molecule has 0 unspecified atom stereocenters. The predicted octanol–water partition coefficient (Wildman–Crippen LogP) is -5.87. The molecule has 0 aromatic carbocycles. The van der Waals surface area contributed by atoms with Crippen molar-refractivity contribution >= 4 is 33.3 Å². The maximum atomic E-state index is 8.50. The van der Waals surface area contributed by atoms with Gasteiger partial charge in [0.2, 0.25) is 0 Å². The third kappa shape index (κ3) is 27.2. The fraction of sp³-hybridized carbons (Fsp3) is 0. The summed E-state index contributed by atoms with van der Waals surface area (Å²) >= 11 is -2.00. The van der Waals surface area contributed by atoms with E-state index in [0.717, 1.165) is 0 Å². The van der Waals surface area contributed by atoms with Crippen LogP contribution in [0.3, 0.4) is 0 Å². The van der Waals surface area contributed by atoms with E-state index in [-0.39, 0.29) is 47.2 Å². The van der Waals surface area contributed by atoms with Crippen LogP contribution in [0.15, 0.2) is 0 Å². The van der Waals surface area contributed by atoms with Crippen LogP contribution in [0, 0.1) is 0 Å². The van der Waals surface area contributed by atoms with Crippen molar-refractivity contribution < 1.29 is 37.5 Å². The molecular formula is H3Ge2NaO2. The molecule has 0 aliphatic rings. The van der Waals surface area contributed by atoms with Crippen molar-refractivity contribution in [1.82, 2.24) is 0 Å². The molecule has 0 rings (SSSR count). The van der Waals surface area contributed by atoms with Crippen LogP contribution < -0.4 is 33.7 Å². The van der Waals surface area contributed by atoms with Crippen molar-refractivity contribution in [2.75, 3.05) is 0 Å². The molecule has 0 aliphatic heterocycles. The Labute approximate surface area is 70.0 Å². The summed E-state index contributed by atoms with van der Waals surface area (Å²) in [6.07, 6.45) is 0. The molecule has 0 saturated carbocycles. The first-order valence-corrected chi connectivity index (χ1v) is 2.12. The molecule has 0 aliphatic carbocycles. The van der Waals surface area contributed by atoms with Gasteiger partial charge in [-0.2, -0.15) is 0 Å². The molecule has 0 spiro atoms. The van der Waals surface area contributed by atoms with Gasteiger partial charge in [0, 0.05) is 0 Å². The van der Waals surface area contributed by atoms with Gasteiger partial charge in [-0.1, -0.05) is 0 Å². The van der Waals surface area contributed by atoms with Crippen LogP contribution in [0.25, 0.3) is 0 Å². The summed E-state index contributed by atoms with van der Waals surface area (Å²) in [7, 11) is 0. The average molecular weight is 203 g/mol. The standard InChI is InChI=1S/GeO2.GeH3.Na/c2-1-3;;/h;1H3;/q-1;;+1. The van der Waals surface area contributed by atoms with Crippen molar-refractivity contribution in [3.8, 4) is 0 Å². The molecule has 0 atom stereocenters. The Morgan fingerprint density at radius 2 is 1.60 bits per heavy atom. The second kappa shape index (κ2) is 17.3. The van der Waals surface area contributed by atoms with Crippen LogP contribution in [-0.4, -0.2) is 33.3 Å². The van der Waals surface area contributed by atoms with E-state index in [1.807, 2.05) is 0 Å². The van der Waals surface area contributed by atoms with Crippen molar-refractivity contribution in [3.05, 3.63) is 0 Å². The van der Waals surface area contributed by atoms with Gasteiger partial charge in [0.15, 0.2) is 0 Å². The van der Waals surface area contributed by atoms with E-state index in [2.05, 4.69) is 0 Å². The van der Waals surface area contributed by atoms with E-state index in [0.29, 0.717) is 0 Å². The molecule has 5 heteroatoms. The van der Waals surface area contributed by atoms with Crippen molar-refractivity contribution in [1.29, 1.82) is 0 Å². The molecule has 0 amide bonds. The molecule has 0 saturated heterocycles. The van der Waals surface area contributed by atoms with Crippen LogP contribution in [0.5, 0.6) is 0 Å². The third-order valence-corrected chi connectivity index (χ3v) is 0.